The van der Waals surface area contributed by atoms with Crippen molar-refractivity contribution in [1.82, 2.24) is 5.32 Å². The summed E-state index contributed by atoms with van der Waals surface area (Å²) in [6.07, 6.45) is 1.69. The van der Waals surface area contributed by atoms with E-state index >= 15 is 0 Å². The Kier molecular flexibility index (Phi) is 3.48. The second-order valence-electron chi connectivity index (χ2n) is 0.697. The second-order valence-corrected chi connectivity index (χ2v) is 0.697. The van der Waals surface area contributed by atoms with Crippen LogP contribution in [0.4, 0.5) is 0 Å². The van der Waals surface area contributed by atoms with Crippen LogP contribution in [0.15, 0.2) is 12.7 Å². The molecule has 0 aliphatic heterocycles. The maximum atomic E-state index is 4.82. The second kappa shape index (κ2) is 3.70. The zero-order chi connectivity index (χ0) is 4.12. The molecule has 1 nitrogen and oxygen atoms in total. The molecule has 0 fully saturated rings. The third-order valence-corrected chi connectivity index (χ3v) is 0.262. The Hall–Kier alpha value is -0.300. The van der Waals surface area contributed by atoms with Gasteiger partial charge >= 0.3 is 0 Å². The van der Waals surface area contributed by atoms with Crippen molar-refractivity contribution < 1.29 is 0 Å². The van der Waals surface area contributed by atoms with Crippen molar-refractivity contribution in [2.24, 2.45) is 0 Å². The lowest BCUT2D eigenvalue weighted by molar-refractivity contribution is 0.985. The Morgan fingerprint density at radius 2 is 2.60 bits per heavy atom. The first-order valence-corrected chi connectivity index (χ1v) is 1.46. The van der Waals surface area contributed by atoms with Crippen LogP contribution >= 0.6 is 0 Å². The van der Waals surface area contributed by atoms with Crippen LogP contribution in [0, 0.1) is 7.05 Å². The van der Waals surface area contributed by atoms with E-state index in [1.807, 2.05) is 0 Å². The van der Waals surface area contributed by atoms with Crippen molar-refractivity contribution in [1.29, 1.82) is 0 Å². The van der Waals surface area contributed by atoms with Gasteiger partial charge in [-0.2, -0.15) is 0 Å². The minimum Gasteiger partial charge on any atom is -0.307 e. The summed E-state index contributed by atoms with van der Waals surface area (Å²) >= 11 is 0. The van der Waals surface area contributed by atoms with Crippen LogP contribution in [0.2, 0.25) is 0 Å². The summed E-state index contributed by atoms with van der Waals surface area (Å²) in [4.78, 5) is 0. The fourth-order valence-electron chi connectivity index (χ4n) is 0.0833. The third kappa shape index (κ3) is 3.70. The van der Waals surface area contributed by atoms with Gasteiger partial charge in [-0.1, -0.05) is 6.08 Å². The summed E-state index contributed by atoms with van der Waals surface area (Å²) in [6.45, 7) is 4.09. The van der Waals surface area contributed by atoms with Gasteiger partial charge in [0.1, 0.15) is 0 Å². The SMILES string of the molecule is [CH]NCC=C. The van der Waals surface area contributed by atoms with Crippen molar-refractivity contribution in [3.63, 3.8) is 0 Å². The molecule has 1 N–H and O–H groups in total. The molecule has 0 aromatic carbocycles. The molecule has 0 unspecified atom stereocenters. The van der Waals surface area contributed by atoms with Gasteiger partial charge in [-0.25, -0.2) is 0 Å². The molecule has 0 atom stereocenters. The third-order valence-electron chi connectivity index (χ3n) is 0.262. The van der Waals surface area contributed by atoms with Crippen LogP contribution in [0.25, 0.3) is 0 Å². The Balaban J connectivity index is 2.40. The van der Waals surface area contributed by atoms with E-state index < -0.39 is 0 Å². The average molecular weight is 69.1 g/mol. The smallest absolute Gasteiger partial charge is 0.0410 e. The molecule has 5 heavy (non-hydrogen) atoms. The van der Waals surface area contributed by atoms with Crippen molar-refractivity contribution in [3.05, 3.63) is 19.7 Å². The first kappa shape index (κ1) is 4.70. The molecule has 2 radical (unpaired) electrons. The molecule has 0 saturated carbocycles. The summed E-state index contributed by atoms with van der Waals surface area (Å²) in [6, 6.07) is 0. The molecule has 1 heteroatoms. The van der Waals surface area contributed by atoms with E-state index in [9.17, 15) is 0 Å². The molecule has 0 heterocycles. The van der Waals surface area contributed by atoms with Gasteiger partial charge in [-0.15, -0.1) is 6.58 Å². The minimum atomic E-state index is 0.681. The monoisotopic (exact) mass is 69.1 g/mol. The predicted octanol–water partition coefficient (Wildman–Crippen LogP) is 0.431. The Bertz CT molecular complexity index is 24.8. The van der Waals surface area contributed by atoms with E-state index in [-0.39, 0.29) is 0 Å². The highest BCUT2D eigenvalue weighted by Gasteiger charge is 1.57. The zero-order valence-corrected chi connectivity index (χ0v) is 3.07. The van der Waals surface area contributed by atoms with E-state index in [1.165, 1.54) is 0 Å². The molecule has 0 rings (SSSR count). The molecule has 0 aromatic rings. The van der Waals surface area contributed by atoms with Crippen molar-refractivity contribution in [3.8, 4) is 0 Å². The summed E-state index contributed by atoms with van der Waals surface area (Å²) in [5, 5.41) is 2.40. The lowest BCUT2D eigenvalue weighted by atomic mass is 10.6. The number of hydrogen-bond donors (Lipinski definition) is 1. The summed E-state index contributed by atoms with van der Waals surface area (Å²) in [7, 11) is 4.82. The van der Waals surface area contributed by atoms with Gasteiger partial charge in [0.15, 0.2) is 0 Å². The molecule has 0 spiro atoms. The fourth-order valence-corrected chi connectivity index (χ4v) is 0.0833. The van der Waals surface area contributed by atoms with E-state index in [0.717, 1.165) is 0 Å². The first-order valence-electron chi connectivity index (χ1n) is 1.46. The van der Waals surface area contributed by atoms with Gasteiger partial charge in [0.05, 0.1) is 0 Å². The molecule has 0 aromatic heterocycles. The number of nitrogens with one attached hydrogen (secondary N) is 1. The quantitative estimate of drug-likeness (QED) is 0.366. The van der Waals surface area contributed by atoms with Crippen molar-refractivity contribution >= 4 is 0 Å². The first-order chi connectivity index (χ1) is 2.41. The van der Waals surface area contributed by atoms with E-state index in [4.69, 9.17) is 7.05 Å². The lowest BCUT2D eigenvalue weighted by Crippen LogP contribution is -1.99. The number of rotatable bonds is 2. The van der Waals surface area contributed by atoms with E-state index in [1.54, 1.807) is 6.08 Å². The van der Waals surface area contributed by atoms with Crippen LogP contribution in [-0.2, 0) is 0 Å². The molecule has 0 amide bonds. The van der Waals surface area contributed by atoms with Gasteiger partial charge in [0.25, 0.3) is 0 Å². The summed E-state index contributed by atoms with van der Waals surface area (Å²) in [5.41, 5.74) is 0. The van der Waals surface area contributed by atoms with Gasteiger partial charge in [0, 0.05) is 13.6 Å². The van der Waals surface area contributed by atoms with Crippen molar-refractivity contribution in [2.45, 2.75) is 0 Å². The highest BCUT2D eigenvalue weighted by atomic mass is 14.8. The average Bonchev–Trinajstić information content (AvgIpc) is 1.41. The van der Waals surface area contributed by atoms with Crippen molar-refractivity contribution in [2.75, 3.05) is 6.54 Å². The van der Waals surface area contributed by atoms with Crippen LogP contribution in [-0.4, -0.2) is 6.54 Å². The maximum absolute atomic E-state index is 4.82. The largest absolute Gasteiger partial charge is 0.307 e. The zero-order valence-electron chi connectivity index (χ0n) is 3.07. The van der Waals surface area contributed by atoms with Gasteiger partial charge in [-0.3, -0.25) is 0 Å². The molecule has 0 bridgehead atoms. The van der Waals surface area contributed by atoms with E-state index in [0.29, 0.717) is 6.54 Å². The lowest BCUT2D eigenvalue weighted by Gasteiger charge is -1.78. The topological polar surface area (TPSA) is 12.0 Å². The highest BCUT2D eigenvalue weighted by molar-refractivity contribution is 4.68. The molecule has 28 valence electrons. The van der Waals surface area contributed by atoms with Gasteiger partial charge < -0.3 is 5.32 Å². The molecule has 0 saturated heterocycles. The highest BCUT2D eigenvalue weighted by Crippen LogP contribution is 1.50. The molecule has 0 aliphatic rings. The van der Waals surface area contributed by atoms with Crippen LogP contribution < -0.4 is 5.32 Å². The summed E-state index contributed by atoms with van der Waals surface area (Å²) < 4.78 is 0. The van der Waals surface area contributed by atoms with E-state index in [2.05, 4.69) is 11.9 Å². The van der Waals surface area contributed by atoms with Gasteiger partial charge in [0.2, 0.25) is 0 Å². The summed E-state index contributed by atoms with van der Waals surface area (Å²) in [5.74, 6) is 0. The Labute approximate surface area is 32.7 Å². The fraction of sp³-hybridized carbons (Fsp3) is 0.250. The number of hydrogen-bond acceptors (Lipinski definition) is 1. The minimum absolute atomic E-state index is 0.681. The normalized spacial score (nSPS) is 7.40. The molecular formula is C4H7N. The Morgan fingerprint density at radius 3 is 2.60 bits per heavy atom. The van der Waals surface area contributed by atoms with Crippen LogP contribution in [0.5, 0.6) is 0 Å². The van der Waals surface area contributed by atoms with Gasteiger partial charge in [-0.05, 0) is 0 Å². The standard InChI is InChI=1S/C4H7N/c1-3-4-5-2/h2-3,5H,1,4H2. The maximum Gasteiger partial charge on any atom is 0.0410 e. The molecule has 0 aliphatic carbocycles. The van der Waals surface area contributed by atoms with Crippen LogP contribution in [0.1, 0.15) is 0 Å². The Morgan fingerprint density at radius 1 is 2.00 bits per heavy atom. The predicted molar refractivity (Wildman–Crippen MR) is 22.5 cm³/mol. The molecular weight excluding hydrogens is 62.1 g/mol. The van der Waals surface area contributed by atoms with Crippen LogP contribution in [0.3, 0.4) is 0 Å².